The molecule has 0 saturated carbocycles. The Hall–Kier alpha value is -3.53. The molecule has 0 fully saturated rings. The molecule has 2 amide bonds. The topological polar surface area (TPSA) is 128 Å². The average Bonchev–Trinajstić information content (AvgIpc) is 2.72. The maximum Gasteiger partial charge on any atom is 0.329 e. The number of carbonyl (C=O) groups is 3. The van der Waals surface area contributed by atoms with Gasteiger partial charge in [0.2, 0.25) is 0 Å². The molecule has 0 aliphatic heterocycles. The molecule has 11 heteroatoms. The minimum atomic E-state index is -1.11. The van der Waals surface area contributed by atoms with E-state index >= 15 is 0 Å². The Bertz CT molecular complexity index is 1060. The fourth-order valence-electron chi connectivity index (χ4n) is 2.61. The van der Waals surface area contributed by atoms with Crippen molar-refractivity contribution in [3.63, 3.8) is 0 Å². The molecular formula is C21H21ClFN3O6. The first kappa shape index (κ1) is 24.7. The SMILES string of the molecule is Cc1ccc(NC(=O)COC(=O)C(NC(=O)c2ccc([N+](=O)[O-])cc2Cl)C(C)C)cc1F. The summed E-state index contributed by atoms with van der Waals surface area (Å²) in [6.07, 6.45) is 0. The molecule has 0 aliphatic carbocycles. The first-order valence-corrected chi connectivity index (χ1v) is 9.84. The summed E-state index contributed by atoms with van der Waals surface area (Å²) in [6.45, 7) is 4.23. The molecule has 1 unspecified atom stereocenters. The summed E-state index contributed by atoms with van der Waals surface area (Å²) in [4.78, 5) is 47.1. The quantitative estimate of drug-likeness (QED) is 0.348. The van der Waals surface area contributed by atoms with Crippen LogP contribution in [0.1, 0.15) is 29.8 Å². The zero-order valence-electron chi connectivity index (χ0n) is 17.5. The van der Waals surface area contributed by atoms with Gasteiger partial charge in [0.25, 0.3) is 17.5 Å². The third-order valence-electron chi connectivity index (χ3n) is 4.42. The van der Waals surface area contributed by atoms with Crippen LogP contribution in [0.25, 0.3) is 0 Å². The standard InChI is InChI=1S/C21H21ClFN3O6/c1-11(2)19(25-20(28)15-7-6-14(26(30)31)9-16(15)22)21(29)32-10-18(27)24-13-5-4-12(3)17(23)8-13/h4-9,11,19H,10H2,1-3H3,(H,24,27)(H,25,28). The normalized spacial score (nSPS) is 11.6. The van der Waals surface area contributed by atoms with Crippen molar-refractivity contribution in [2.24, 2.45) is 5.92 Å². The number of hydrogen-bond acceptors (Lipinski definition) is 6. The lowest BCUT2D eigenvalue weighted by atomic mass is 10.0. The Morgan fingerprint density at radius 1 is 1.19 bits per heavy atom. The molecule has 9 nitrogen and oxygen atoms in total. The van der Waals surface area contributed by atoms with Crippen LogP contribution < -0.4 is 10.6 Å². The number of nitro benzene ring substituents is 1. The van der Waals surface area contributed by atoms with Crippen LogP contribution in [0.15, 0.2) is 36.4 Å². The molecule has 2 aromatic rings. The molecular weight excluding hydrogens is 445 g/mol. The highest BCUT2D eigenvalue weighted by Crippen LogP contribution is 2.23. The molecule has 0 bridgehead atoms. The zero-order valence-corrected chi connectivity index (χ0v) is 18.2. The van der Waals surface area contributed by atoms with Crippen molar-refractivity contribution in [2.45, 2.75) is 26.8 Å². The summed E-state index contributed by atoms with van der Waals surface area (Å²) in [5.41, 5.74) is 0.273. The van der Waals surface area contributed by atoms with Gasteiger partial charge in [0.1, 0.15) is 11.9 Å². The van der Waals surface area contributed by atoms with Crippen LogP contribution in [0.3, 0.4) is 0 Å². The van der Waals surface area contributed by atoms with E-state index in [2.05, 4.69) is 10.6 Å². The number of nitro groups is 1. The molecule has 0 spiro atoms. The lowest BCUT2D eigenvalue weighted by Crippen LogP contribution is -2.46. The van der Waals surface area contributed by atoms with Gasteiger partial charge in [0.15, 0.2) is 6.61 Å². The lowest BCUT2D eigenvalue weighted by Gasteiger charge is -2.21. The number of anilines is 1. The number of hydrogen-bond donors (Lipinski definition) is 2. The number of nitrogens with zero attached hydrogens (tertiary/aromatic N) is 1. The summed E-state index contributed by atoms with van der Waals surface area (Å²) in [5, 5.41) is 15.5. The Balaban J connectivity index is 1.99. The van der Waals surface area contributed by atoms with Gasteiger partial charge in [-0.25, -0.2) is 9.18 Å². The monoisotopic (exact) mass is 465 g/mol. The number of non-ortho nitro benzene ring substituents is 1. The predicted octanol–water partition coefficient (Wildman–Crippen LogP) is 3.63. The highest BCUT2D eigenvalue weighted by Gasteiger charge is 2.28. The van der Waals surface area contributed by atoms with Gasteiger partial charge in [0.05, 0.1) is 15.5 Å². The third-order valence-corrected chi connectivity index (χ3v) is 4.73. The van der Waals surface area contributed by atoms with Crippen LogP contribution >= 0.6 is 11.6 Å². The molecule has 0 radical (unpaired) electrons. The van der Waals surface area contributed by atoms with Crippen molar-refractivity contribution < 1.29 is 28.4 Å². The summed E-state index contributed by atoms with van der Waals surface area (Å²) in [6, 6.07) is 6.33. The highest BCUT2D eigenvalue weighted by atomic mass is 35.5. The van der Waals surface area contributed by atoms with Crippen molar-refractivity contribution in [1.82, 2.24) is 5.32 Å². The summed E-state index contributed by atoms with van der Waals surface area (Å²) >= 11 is 5.95. The van der Waals surface area contributed by atoms with E-state index in [0.717, 1.165) is 18.2 Å². The van der Waals surface area contributed by atoms with Gasteiger partial charge in [0, 0.05) is 17.8 Å². The first-order valence-electron chi connectivity index (χ1n) is 9.47. The van der Waals surface area contributed by atoms with Gasteiger partial charge in [-0.2, -0.15) is 0 Å². The maximum atomic E-state index is 13.6. The van der Waals surface area contributed by atoms with Gasteiger partial charge in [-0.1, -0.05) is 31.5 Å². The lowest BCUT2D eigenvalue weighted by molar-refractivity contribution is -0.384. The number of rotatable bonds is 8. The molecule has 2 rings (SSSR count). The van der Waals surface area contributed by atoms with Crippen LogP contribution in [0, 0.1) is 28.8 Å². The number of benzene rings is 2. The van der Waals surface area contributed by atoms with Crippen LogP contribution in [0.2, 0.25) is 5.02 Å². The molecule has 0 saturated heterocycles. The predicted molar refractivity (Wildman–Crippen MR) is 115 cm³/mol. The molecule has 0 heterocycles. The Morgan fingerprint density at radius 3 is 2.44 bits per heavy atom. The molecule has 1 atom stereocenters. The Kier molecular flexibility index (Phi) is 8.25. The van der Waals surface area contributed by atoms with Crippen LogP contribution in [-0.4, -0.2) is 35.4 Å². The second kappa shape index (κ2) is 10.7. The zero-order chi connectivity index (χ0) is 24.0. The molecule has 170 valence electrons. The van der Waals surface area contributed by atoms with Crippen LogP contribution in [0.5, 0.6) is 0 Å². The number of amides is 2. The van der Waals surface area contributed by atoms with E-state index in [4.69, 9.17) is 16.3 Å². The maximum absolute atomic E-state index is 13.6. The van der Waals surface area contributed by atoms with E-state index in [0.29, 0.717) is 5.56 Å². The number of carbonyl (C=O) groups excluding carboxylic acids is 3. The fourth-order valence-corrected chi connectivity index (χ4v) is 2.87. The van der Waals surface area contributed by atoms with E-state index in [-0.39, 0.29) is 22.0 Å². The highest BCUT2D eigenvalue weighted by molar-refractivity contribution is 6.34. The number of ether oxygens (including phenoxy) is 1. The summed E-state index contributed by atoms with van der Waals surface area (Å²) in [5.74, 6) is -3.18. The first-order chi connectivity index (χ1) is 15.0. The van der Waals surface area contributed by atoms with E-state index in [1.165, 1.54) is 18.2 Å². The molecule has 2 aromatic carbocycles. The molecule has 32 heavy (non-hydrogen) atoms. The smallest absolute Gasteiger partial charge is 0.329 e. The summed E-state index contributed by atoms with van der Waals surface area (Å²) < 4.78 is 18.6. The van der Waals surface area contributed by atoms with Gasteiger partial charge >= 0.3 is 5.97 Å². The average molecular weight is 466 g/mol. The number of esters is 1. The third kappa shape index (κ3) is 6.48. The van der Waals surface area contributed by atoms with Crippen molar-refractivity contribution in [3.05, 3.63) is 68.5 Å². The number of nitrogens with one attached hydrogen (secondary N) is 2. The van der Waals surface area contributed by atoms with Crippen molar-refractivity contribution in [3.8, 4) is 0 Å². The second-order valence-electron chi connectivity index (χ2n) is 7.24. The summed E-state index contributed by atoms with van der Waals surface area (Å²) in [7, 11) is 0. The van der Waals surface area contributed by atoms with Gasteiger partial charge in [-0.05, 0) is 36.6 Å². The van der Waals surface area contributed by atoms with E-state index in [1.807, 2.05) is 0 Å². The molecule has 2 N–H and O–H groups in total. The van der Waals surface area contributed by atoms with Crippen molar-refractivity contribution >= 4 is 40.8 Å². The Labute approximate surface area is 188 Å². The number of halogens is 2. The largest absolute Gasteiger partial charge is 0.454 e. The second-order valence-corrected chi connectivity index (χ2v) is 7.64. The number of aryl methyl sites for hydroxylation is 1. The van der Waals surface area contributed by atoms with E-state index in [1.54, 1.807) is 20.8 Å². The Morgan fingerprint density at radius 2 is 1.88 bits per heavy atom. The van der Waals surface area contributed by atoms with Crippen molar-refractivity contribution in [2.75, 3.05) is 11.9 Å². The molecule has 0 aromatic heterocycles. The minimum Gasteiger partial charge on any atom is -0.454 e. The fraction of sp³-hybridized carbons (Fsp3) is 0.286. The van der Waals surface area contributed by atoms with Gasteiger partial charge < -0.3 is 15.4 Å². The van der Waals surface area contributed by atoms with Gasteiger partial charge in [-0.3, -0.25) is 19.7 Å². The van der Waals surface area contributed by atoms with E-state index in [9.17, 15) is 28.9 Å². The van der Waals surface area contributed by atoms with Crippen molar-refractivity contribution in [1.29, 1.82) is 0 Å². The van der Waals surface area contributed by atoms with E-state index < -0.39 is 47.1 Å². The minimum absolute atomic E-state index is 0.0603. The molecule has 0 aliphatic rings. The van der Waals surface area contributed by atoms with Crippen LogP contribution in [0.4, 0.5) is 15.8 Å². The van der Waals surface area contributed by atoms with Crippen LogP contribution in [-0.2, 0) is 14.3 Å². The van der Waals surface area contributed by atoms with Gasteiger partial charge in [-0.15, -0.1) is 0 Å².